The molecule has 0 spiro atoms. The number of hydrogen-bond donors (Lipinski definition) is 1. The van der Waals surface area contributed by atoms with Crippen LogP contribution in [0.2, 0.25) is 0 Å². The maximum absolute atomic E-state index is 12.3. The molecule has 2 amide bonds. The summed E-state index contributed by atoms with van der Waals surface area (Å²) in [6.07, 6.45) is 0.776. The van der Waals surface area contributed by atoms with Crippen LogP contribution in [-0.4, -0.2) is 68.9 Å². The summed E-state index contributed by atoms with van der Waals surface area (Å²) in [5.74, 6) is 0.0133. The van der Waals surface area contributed by atoms with E-state index in [-0.39, 0.29) is 23.0 Å². The number of nitrogens with zero attached hydrogens (tertiary/aromatic N) is 1. The van der Waals surface area contributed by atoms with Gasteiger partial charge in [0.25, 0.3) is 0 Å². The lowest BCUT2D eigenvalue weighted by molar-refractivity contribution is 0.151. The zero-order valence-electron chi connectivity index (χ0n) is 12.5. The van der Waals surface area contributed by atoms with E-state index < -0.39 is 36.8 Å². The first-order valence-corrected chi connectivity index (χ1v) is 10.5. The second-order valence-corrected chi connectivity index (χ2v) is 11.1. The van der Waals surface area contributed by atoms with Crippen molar-refractivity contribution in [1.29, 1.82) is 0 Å². The summed E-state index contributed by atoms with van der Waals surface area (Å²) in [6, 6.07) is -0.422. The molecule has 2 fully saturated rings. The van der Waals surface area contributed by atoms with E-state index in [4.69, 9.17) is 0 Å². The van der Waals surface area contributed by atoms with Gasteiger partial charge in [-0.3, -0.25) is 0 Å². The van der Waals surface area contributed by atoms with Gasteiger partial charge in [0.1, 0.15) is 0 Å². The fourth-order valence-electron chi connectivity index (χ4n) is 2.95. The lowest BCUT2D eigenvalue weighted by atomic mass is 9.99. The zero-order chi connectivity index (χ0) is 16.1. The van der Waals surface area contributed by atoms with Gasteiger partial charge in [-0.1, -0.05) is 0 Å². The van der Waals surface area contributed by atoms with Crippen molar-refractivity contribution in [3.8, 4) is 0 Å². The summed E-state index contributed by atoms with van der Waals surface area (Å²) in [5, 5.41) is 2.75. The summed E-state index contributed by atoms with van der Waals surface area (Å²) in [7, 11) is -4.66. The van der Waals surface area contributed by atoms with Gasteiger partial charge in [-0.05, 0) is 26.7 Å². The molecule has 9 heteroatoms. The normalized spacial score (nSPS) is 37.3. The highest BCUT2D eigenvalue weighted by Gasteiger charge is 2.45. The van der Waals surface area contributed by atoms with Crippen molar-refractivity contribution in [3.05, 3.63) is 0 Å². The van der Waals surface area contributed by atoms with Crippen LogP contribution in [0.5, 0.6) is 0 Å². The Balaban J connectivity index is 2.08. The van der Waals surface area contributed by atoms with Gasteiger partial charge in [-0.2, -0.15) is 0 Å². The molecule has 0 aromatic heterocycles. The average molecular weight is 338 g/mol. The second kappa shape index (κ2) is 4.84. The summed E-state index contributed by atoms with van der Waals surface area (Å²) >= 11 is 0. The Morgan fingerprint density at radius 3 is 1.95 bits per heavy atom. The second-order valence-electron chi connectivity index (χ2n) is 6.73. The smallest absolute Gasteiger partial charge is 0.318 e. The SMILES string of the molecule is CN(C(=O)N[C@]1(C)CCS(=O)(=O)C1)[C@]1(C)CCS(=O)(=O)C1. The van der Waals surface area contributed by atoms with E-state index in [2.05, 4.69) is 5.32 Å². The molecular weight excluding hydrogens is 316 g/mol. The molecule has 0 radical (unpaired) electrons. The third-order valence-corrected chi connectivity index (χ3v) is 8.30. The van der Waals surface area contributed by atoms with Crippen LogP contribution in [0, 0.1) is 0 Å². The van der Waals surface area contributed by atoms with Crippen molar-refractivity contribution >= 4 is 25.7 Å². The average Bonchev–Trinajstić information content (AvgIpc) is 2.75. The molecule has 1 N–H and O–H groups in total. The van der Waals surface area contributed by atoms with Crippen LogP contribution >= 0.6 is 0 Å². The van der Waals surface area contributed by atoms with E-state index in [0.29, 0.717) is 12.8 Å². The molecule has 0 saturated carbocycles. The van der Waals surface area contributed by atoms with Gasteiger partial charge in [0.05, 0.1) is 34.1 Å². The van der Waals surface area contributed by atoms with Crippen molar-refractivity contribution in [2.24, 2.45) is 0 Å². The molecular formula is C12H22N2O5S2. The Morgan fingerprint density at radius 2 is 1.52 bits per heavy atom. The number of amides is 2. The van der Waals surface area contributed by atoms with E-state index in [0.717, 1.165) is 0 Å². The Labute approximate surface area is 125 Å². The van der Waals surface area contributed by atoms with E-state index in [1.54, 1.807) is 20.9 Å². The highest BCUT2D eigenvalue weighted by atomic mass is 32.2. The fraction of sp³-hybridized carbons (Fsp3) is 0.917. The lowest BCUT2D eigenvalue weighted by Gasteiger charge is -2.37. The number of rotatable bonds is 2. The predicted octanol–water partition coefficient (Wildman–Crippen LogP) is -0.218. The summed E-state index contributed by atoms with van der Waals surface area (Å²) in [4.78, 5) is 13.7. The summed E-state index contributed by atoms with van der Waals surface area (Å²) in [5.41, 5.74) is -1.52. The van der Waals surface area contributed by atoms with Crippen LogP contribution in [0.4, 0.5) is 4.79 Å². The van der Waals surface area contributed by atoms with Crippen LogP contribution in [0.25, 0.3) is 0 Å². The van der Waals surface area contributed by atoms with Gasteiger partial charge in [0.2, 0.25) is 0 Å². The molecule has 0 aromatic carbocycles. The molecule has 2 rings (SSSR count). The molecule has 21 heavy (non-hydrogen) atoms. The van der Waals surface area contributed by atoms with E-state index in [9.17, 15) is 21.6 Å². The minimum absolute atomic E-state index is 0.0566. The molecule has 7 nitrogen and oxygen atoms in total. The van der Waals surface area contributed by atoms with Crippen LogP contribution in [0.1, 0.15) is 26.7 Å². The number of urea groups is 1. The number of carbonyl (C=O) groups excluding carboxylic acids is 1. The van der Waals surface area contributed by atoms with Gasteiger partial charge in [-0.15, -0.1) is 0 Å². The van der Waals surface area contributed by atoms with Gasteiger partial charge in [0.15, 0.2) is 19.7 Å². The number of sulfone groups is 2. The van der Waals surface area contributed by atoms with Crippen molar-refractivity contribution < 1.29 is 21.6 Å². The highest BCUT2D eigenvalue weighted by molar-refractivity contribution is 7.92. The van der Waals surface area contributed by atoms with Crippen molar-refractivity contribution in [2.75, 3.05) is 30.1 Å². The minimum Gasteiger partial charge on any atom is -0.332 e. The zero-order valence-corrected chi connectivity index (χ0v) is 14.2. The van der Waals surface area contributed by atoms with Crippen molar-refractivity contribution in [3.63, 3.8) is 0 Å². The Kier molecular flexibility index (Phi) is 3.81. The molecule has 0 aliphatic carbocycles. The molecule has 2 aliphatic rings. The van der Waals surface area contributed by atoms with Crippen LogP contribution < -0.4 is 5.32 Å². The maximum Gasteiger partial charge on any atom is 0.318 e. The molecule has 2 aliphatic heterocycles. The first kappa shape index (κ1) is 16.5. The molecule has 2 atom stereocenters. The van der Waals surface area contributed by atoms with E-state index >= 15 is 0 Å². The molecule has 2 heterocycles. The lowest BCUT2D eigenvalue weighted by Crippen LogP contribution is -2.57. The van der Waals surface area contributed by atoms with Crippen LogP contribution in [0.3, 0.4) is 0 Å². The van der Waals surface area contributed by atoms with Crippen molar-refractivity contribution in [2.45, 2.75) is 37.8 Å². The molecule has 0 aromatic rings. The Hall–Kier alpha value is -0.830. The van der Waals surface area contributed by atoms with Gasteiger partial charge >= 0.3 is 6.03 Å². The number of carbonyl (C=O) groups is 1. The standard InChI is InChI=1S/C12H22N2O5S2/c1-11(4-6-20(16,17)8-11)13-10(15)14(3)12(2)5-7-21(18,19)9-12/h4-9H2,1-3H3,(H,13,15)/t11-,12-/m1/s1. The van der Waals surface area contributed by atoms with E-state index in [1.165, 1.54) is 4.90 Å². The summed E-state index contributed by atoms with van der Waals surface area (Å²) < 4.78 is 46.4. The van der Waals surface area contributed by atoms with Gasteiger partial charge in [-0.25, -0.2) is 21.6 Å². The Morgan fingerprint density at radius 1 is 1.00 bits per heavy atom. The number of hydrogen-bond acceptors (Lipinski definition) is 5. The topological polar surface area (TPSA) is 101 Å². The maximum atomic E-state index is 12.3. The quantitative estimate of drug-likeness (QED) is 0.750. The first-order valence-electron chi connectivity index (χ1n) is 6.83. The fourth-order valence-corrected chi connectivity index (χ4v) is 7.23. The van der Waals surface area contributed by atoms with Crippen LogP contribution in [-0.2, 0) is 19.7 Å². The third kappa shape index (κ3) is 3.50. The molecule has 0 bridgehead atoms. The summed E-state index contributed by atoms with van der Waals surface area (Å²) in [6.45, 7) is 3.45. The minimum atomic E-state index is -3.11. The number of nitrogens with one attached hydrogen (secondary N) is 1. The van der Waals surface area contributed by atoms with Gasteiger partial charge in [0, 0.05) is 7.05 Å². The largest absolute Gasteiger partial charge is 0.332 e. The van der Waals surface area contributed by atoms with E-state index in [1.807, 2.05) is 0 Å². The van der Waals surface area contributed by atoms with Crippen molar-refractivity contribution in [1.82, 2.24) is 10.2 Å². The third-order valence-electron chi connectivity index (χ3n) is 4.51. The molecule has 0 unspecified atom stereocenters. The first-order chi connectivity index (χ1) is 9.37. The van der Waals surface area contributed by atoms with Gasteiger partial charge < -0.3 is 10.2 Å². The molecule has 2 saturated heterocycles. The van der Waals surface area contributed by atoms with Crippen LogP contribution in [0.15, 0.2) is 0 Å². The predicted molar refractivity (Wildman–Crippen MR) is 79.6 cm³/mol. The molecule has 122 valence electrons. The monoisotopic (exact) mass is 338 g/mol. The highest BCUT2D eigenvalue weighted by Crippen LogP contribution is 2.29. The Bertz CT molecular complexity index is 657.